The summed E-state index contributed by atoms with van der Waals surface area (Å²) in [7, 11) is 1.93. The lowest BCUT2D eigenvalue weighted by Crippen LogP contribution is -2.40. The summed E-state index contributed by atoms with van der Waals surface area (Å²) in [6.45, 7) is 4.04. The van der Waals surface area contributed by atoms with Gasteiger partial charge in [-0.1, -0.05) is 0 Å². The molecule has 1 saturated heterocycles. The van der Waals surface area contributed by atoms with Crippen LogP contribution >= 0.6 is 0 Å². The van der Waals surface area contributed by atoms with Crippen LogP contribution in [0.1, 0.15) is 17.6 Å². The first-order valence-corrected chi connectivity index (χ1v) is 3.85. The summed E-state index contributed by atoms with van der Waals surface area (Å²) in [5.41, 5.74) is 0. The van der Waals surface area contributed by atoms with Crippen molar-refractivity contribution in [3.63, 3.8) is 0 Å². The average molecular weight is 152 g/mol. The van der Waals surface area contributed by atoms with Crippen LogP contribution in [0, 0.1) is 6.92 Å². The van der Waals surface area contributed by atoms with Crippen LogP contribution in [0.3, 0.4) is 0 Å². The lowest BCUT2D eigenvalue weighted by atomic mass is 10.0. The third-order valence-electron chi connectivity index (χ3n) is 2.14. The van der Waals surface area contributed by atoms with E-state index in [1.165, 1.54) is 0 Å². The number of hydrogen-bond donors (Lipinski definition) is 1. The van der Waals surface area contributed by atoms with E-state index in [2.05, 4.69) is 15.4 Å². The molecule has 0 atom stereocenters. The van der Waals surface area contributed by atoms with Crippen molar-refractivity contribution in [3.8, 4) is 0 Å². The van der Waals surface area contributed by atoms with Crippen LogP contribution in [0.2, 0.25) is 0 Å². The molecule has 4 heteroatoms. The van der Waals surface area contributed by atoms with Crippen LogP contribution < -0.4 is 5.32 Å². The van der Waals surface area contributed by atoms with Crippen LogP contribution in [-0.2, 0) is 7.05 Å². The van der Waals surface area contributed by atoms with Gasteiger partial charge in [-0.25, -0.2) is 4.98 Å². The number of nitrogens with zero attached hydrogens (tertiary/aromatic N) is 3. The van der Waals surface area contributed by atoms with E-state index >= 15 is 0 Å². The van der Waals surface area contributed by atoms with Crippen molar-refractivity contribution in [1.29, 1.82) is 0 Å². The van der Waals surface area contributed by atoms with Crippen LogP contribution in [-0.4, -0.2) is 27.9 Å². The molecule has 4 nitrogen and oxygen atoms in total. The standard InChI is InChI=1S/C7H12N4/c1-5-9-7(10-11(5)2)6-3-8-4-6/h6,8H,3-4H2,1-2H3. The number of nitrogens with one attached hydrogen (secondary N) is 1. The maximum Gasteiger partial charge on any atom is 0.156 e. The summed E-state index contributed by atoms with van der Waals surface area (Å²) in [6, 6.07) is 0. The fourth-order valence-corrected chi connectivity index (χ4v) is 1.13. The number of aromatic nitrogens is 3. The number of rotatable bonds is 1. The van der Waals surface area contributed by atoms with Gasteiger partial charge < -0.3 is 5.32 Å². The molecule has 11 heavy (non-hydrogen) atoms. The highest BCUT2D eigenvalue weighted by molar-refractivity contribution is 5.04. The average Bonchev–Trinajstić information content (AvgIpc) is 2.08. The molecule has 1 fully saturated rings. The van der Waals surface area contributed by atoms with Gasteiger partial charge >= 0.3 is 0 Å². The first-order valence-electron chi connectivity index (χ1n) is 3.85. The SMILES string of the molecule is Cc1nc(C2CNC2)nn1C. The van der Waals surface area contributed by atoms with E-state index in [-0.39, 0.29) is 0 Å². The molecule has 0 aliphatic carbocycles. The maximum atomic E-state index is 4.34. The highest BCUT2D eigenvalue weighted by Crippen LogP contribution is 2.15. The second-order valence-electron chi connectivity index (χ2n) is 3.00. The quantitative estimate of drug-likeness (QED) is 0.606. The molecule has 0 amide bonds. The summed E-state index contributed by atoms with van der Waals surface area (Å²) in [6.07, 6.45) is 0. The minimum Gasteiger partial charge on any atom is -0.315 e. The van der Waals surface area contributed by atoms with Gasteiger partial charge in [-0.3, -0.25) is 4.68 Å². The van der Waals surface area contributed by atoms with E-state index in [1.807, 2.05) is 18.7 Å². The van der Waals surface area contributed by atoms with E-state index in [0.717, 1.165) is 24.7 Å². The highest BCUT2D eigenvalue weighted by Gasteiger charge is 2.23. The number of hydrogen-bond acceptors (Lipinski definition) is 3. The van der Waals surface area contributed by atoms with Gasteiger partial charge in [-0.15, -0.1) is 0 Å². The summed E-state index contributed by atoms with van der Waals surface area (Å²) >= 11 is 0. The molecule has 1 aliphatic rings. The first kappa shape index (κ1) is 6.79. The van der Waals surface area contributed by atoms with Gasteiger partial charge in [0.25, 0.3) is 0 Å². The Hall–Kier alpha value is -0.900. The minimum absolute atomic E-state index is 0.551. The summed E-state index contributed by atoms with van der Waals surface area (Å²) in [5.74, 6) is 2.53. The van der Waals surface area contributed by atoms with E-state index in [0.29, 0.717) is 5.92 Å². The third kappa shape index (κ3) is 1.03. The molecular formula is C7H12N4. The molecule has 0 aromatic carbocycles. The third-order valence-corrected chi connectivity index (χ3v) is 2.14. The Bertz CT molecular complexity index is 242. The Morgan fingerprint density at radius 2 is 2.27 bits per heavy atom. The lowest BCUT2D eigenvalue weighted by Gasteiger charge is -2.23. The Morgan fingerprint density at radius 3 is 2.64 bits per heavy atom. The predicted octanol–water partition coefficient (Wildman–Crippen LogP) is -0.190. The molecule has 1 aromatic heterocycles. The monoisotopic (exact) mass is 152 g/mol. The van der Waals surface area contributed by atoms with Crippen LogP contribution in [0.25, 0.3) is 0 Å². The Morgan fingerprint density at radius 1 is 1.55 bits per heavy atom. The van der Waals surface area contributed by atoms with Crippen molar-refractivity contribution in [2.24, 2.45) is 7.05 Å². The van der Waals surface area contributed by atoms with E-state index in [4.69, 9.17) is 0 Å². The fourth-order valence-electron chi connectivity index (χ4n) is 1.13. The summed E-state index contributed by atoms with van der Waals surface area (Å²) in [4.78, 5) is 4.34. The van der Waals surface area contributed by atoms with E-state index in [9.17, 15) is 0 Å². The molecule has 1 aromatic rings. The van der Waals surface area contributed by atoms with Gasteiger partial charge in [0.05, 0.1) is 0 Å². The Kier molecular flexibility index (Phi) is 1.42. The van der Waals surface area contributed by atoms with Crippen molar-refractivity contribution < 1.29 is 0 Å². The van der Waals surface area contributed by atoms with Gasteiger partial charge in [-0.2, -0.15) is 5.10 Å². The van der Waals surface area contributed by atoms with E-state index < -0.39 is 0 Å². The second-order valence-corrected chi connectivity index (χ2v) is 3.00. The van der Waals surface area contributed by atoms with Crippen LogP contribution in [0.5, 0.6) is 0 Å². The zero-order chi connectivity index (χ0) is 7.84. The van der Waals surface area contributed by atoms with Gasteiger partial charge in [0.2, 0.25) is 0 Å². The Labute approximate surface area is 65.6 Å². The van der Waals surface area contributed by atoms with Crippen LogP contribution in [0.15, 0.2) is 0 Å². The second kappa shape index (κ2) is 2.30. The predicted molar refractivity (Wildman–Crippen MR) is 41.4 cm³/mol. The first-order chi connectivity index (χ1) is 5.27. The zero-order valence-corrected chi connectivity index (χ0v) is 6.83. The number of aryl methyl sites for hydroxylation is 2. The molecular weight excluding hydrogens is 140 g/mol. The molecule has 0 saturated carbocycles. The van der Waals surface area contributed by atoms with Crippen molar-refractivity contribution in [2.45, 2.75) is 12.8 Å². The minimum atomic E-state index is 0.551. The molecule has 60 valence electrons. The molecule has 0 spiro atoms. The van der Waals surface area contributed by atoms with Crippen LogP contribution in [0.4, 0.5) is 0 Å². The van der Waals surface area contributed by atoms with Crippen molar-refractivity contribution >= 4 is 0 Å². The Balaban J connectivity index is 2.24. The smallest absolute Gasteiger partial charge is 0.156 e. The maximum absolute atomic E-state index is 4.34. The molecule has 2 heterocycles. The van der Waals surface area contributed by atoms with Gasteiger partial charge in [0.15, 0.2) is 5.82 Å². The fraction of sp³-hybridized carbons (Fsp3) is 0.714. The van der Waals surface area contributed by atoms with Crippen molar-refractivity contribution in [3.05, 3.63) is 11.6 Å². The van der Waals surface area contributed by atoms with E-state index in [1.54, 1.807) is 0 Å². The molecule has 1 N–H and O–H groups in total. The van der Waals surface area contributed by atoms with Crippen molar-refractivity contribution in [2.75, 3.05) is 13.1 Å². The molecule has 0 unspecified atom stereocenters. The molecule has 2 rings (SSSR count). The van der Waals surface area contributed by atoms with Crippen molar-refractivity contribution in [1.82, 2.24) is 20.1 Å². The van der Waals surface area contributed by atoms with Gasteiger partial charge in [-0.05, 0) is 6.92 Å². The largest absolute Gasteiger partial charge is 0.315 e. The normalized spacial score (nSPS) is 18.4. The summed E-state index contributed by atoms with van der Waals surface area (Å²) < 4.78 is 1.83. The highest BCUT2D eigenvalue weighted by atomic mass is 15.3. The molecule has 0 bridgehead atoms. The summed E-state index contributed by atoms with van der Waals surface area (Å²) in [5, 5.41) is 7.50. The lowest BCUT2D eigenvalue weighted by molar-refractivity contribution is 0.428. The van der Waals surface area contributed by atoms with Gasteiger partial charge in [0, 0.05) is 26.1 Å². The molecule has 1 aliphatic heterocycles. The van der Waals surface area contributed by atoms with Gasteiger partial charge in [0.1, 0.15) is 5.82 Å². The molecule has 0 radical (unpaired) electrons. The zero-order valence-electron chi connectivity index (χ0n) is 6.83. The topological polar surface area (TPSA) is 42.7 Å².